The maximum absolute atomic E-state index is 12.8. The van der Waals surface area contributed by atoms with Gasteiger partial charge in [0.15, 0.2) is 5.78 Å². The number of aromatic nitrogens is 1. The van der Waals surface area contributed by atoms with E-state index in [2.05, 4.69) is 4.98 Å². The van der Waals surface area contributed by atoms with E-state index in [1.54, 1.807) is 0 Å². The van der Waals surface area contributed by atoms with Crippen LogP contribution in [0, 0.1) is 0 Å². The normalized spacial score (nSPS) is 11.4. The number of carbonyl (C=O) groups excluding carboxylic acids is 1. The van der Waals surface area contributed by atoms with Gasteiger partial charge in [0.25, 0.3) is 0 Å². The Morgan fingerprint density at radius 3 is 2.58 bits per heavy atom. The van der Waals surface area contributed by atoms with Gasteiger partial charge in [-0.2, -0.15) is 13.2 Å². The van der Waals surface area contributed by atoms with E-state index in [0.717, 1.165) is 18.5 Å². The molecular weight excluding hydrogens is 279 g/mol. The summed E-state index contributed by atoms with van der Waals surface area (Å²) in [6.07, 6.45) is -2.70. The number of nitrogens with zero attached hydrogens (tertiary/aromatic N) is 1. The van der Waals surface area contributed by atoms with Gasteiger partial charge in [-0.3, -0.25) is 9.78 Å². The summed E-state index contributed by atoms with van der Waals surface area (Å²) < 4.78 is 38.4. The number of rotatable bonds is 2. The molecule has 0 N–H and O–H groups in total. The second kappa shape index (κ2) is 5.01. The molecule has 0 unspecified atom stereocenters. The zero-order valence-electron chi connectivity index (χ0n) is 9.41. The molecule has 2 aromatic rings. The van der Waals surface area contributed by atoms with Crippen LogP contribution in [0.15, 0.2) is 42.7 Å². The lowest BCUT2D eigenvalue weighted by molar-refractivity contribution is -0.137. The molecule has 0 saturated heterocycles. The van der Waals surface area contributed by atoms with Crippen LogP contribution in [-0.4, -0.2) is 10.8 Å². The molecule has 0 aliphatic rings. The van der Waals surface area contributed by atoms with Gasteiger partial charge in [-0.25, -0.2) is 0 Å². The number of hydrogen-bond donors (Lipinski definition) is 0. The van der Waals surface area contributed by atoms with E-state index in [1.807, 2.05) is 0 Å². The van der Waals surface area contributed by atoms with Crippen LogP contribution in [0.4, 0.5) is 13.2 Å². The molecule has 0 aliphatic heterocycles. The van der Waals surface area contributed by atoms with Crippen molar-refractivity contribution in [3.8, 4) is 0 Å². The third-order valence-electron chi connectivity index (χ3n) is 2.46. The molecular formula is C13H7ClF3NO. The fraction of sp³-hybridized carbons (Fsp3) is 0.0769. The molecule has 0 fully saturated rings. The zero-order chi connectivity index (χ0) is 14.0. The second-order valence-corrected chi connectivity index (χ2v) is 4.19. The minimum atomic E-state index is -4.60. The Labute approximate surface area is 111 Å². The Bertz CT molecular complexity index is 625. The number of benzene rings is 1. The molecule has 0 aliphatic carbocycles. The van der Waals surface area contributed by atoms with Gasteiger partial charge < -0.3 is 0 Å². The van der Waals surface area contributed by atoms with Crippen molar-refractivity contribution in [2.75, 3.05) is 0 Å². The monoisotopic (exact) mass is 285 g/mol. The van der Waals surface area contributed by atoms with Gasteiger partial charge in [0, 0.05) is 23.0 Å². The highest BCUT2D eigenvalue weighted by Gasteiger charge is 2.35. The summed E-state index contributed by atoms with van der Waals surface area (Å²) in [6, 6.07) is 6.53. The zero-order valence-corrected chi connectivity index (χ0v) is 10.2. The molecule has 19 heavy (non-hydrogen) atoms. The fourth-order valence-electron chi connectivity index (χ4n) is 1.61. The van der Waals surface area contributed by atoms with Crippen LogP contribution in [0.3, 0.4) is 0 Å². The van der Waals surface area contributed by atoms with Crippen LogP contribution in [-0.2, 0) is 6.18 Å². The molecule has 2 nitrogen and oxygen atoms in total. The topological polar surface area (TPSA) is 30.0 Å². The quantitative estimate of drug-likeness (QED) is 0.781. The highest BCUT2D eigenvalue weighted by molar-refractivity contribution is 6.31. The van der Waals surface area contributed by atoms with Crippen LogP contribution < -0.4 is 0 Å². The van der Waals surface area contributed by atoms with Gasteiger partial charge in [-0.15, -0.1) is 0 Å². The molecule has 1 heterocycles. The van der Waals surface area contributed by atoms with Crippen molar-refractivity contribution >= 4 is 17.4 Å². The molecule has 0 atom stereocenters. The highest BCUT2D eigenvalue weighted by Crippen LogP contribution is 2.32. The van der Waals surface area contributed by atoms with Gasteiger partial charge >= 0.3 is 6.18 Å². The minimum absolute atomic E-state index is 0.0889. The van der Waals surface area contributed by atoms with E-state index in [4.69, 9.17) is 11.6 Å². The number of pyridine rings is 1. The SMILES string of the molecule is O=C(c1cccc(Cl)c1)c1cnccc1C(F)(F)F. The molecule has 98 valence electrons. The Hall–Kier alpha value is -1.88. The highest BCUT2D eigenvalue weighted by atomic mass is 35.5. The summed E-state index contributed by atoms with van der Waals surface area (Å²) in [5, 5.41) is 0.281. The molecule has 0 bridgehead atoms. The van der Waals surface area contributed by atoms with E-state index in [9.17, 15) is 18.0 Å². The number of hydrogen-bond acceptors (Lipinski definition) is 2. The maximum Gasteiger partial charge on any atom is 0.417 e. The van der Waals surface area contributed by atoms with Crippen molar-refractivity contribution in [1.82, 2.24) is 4.98 Å². The molecule has 0 saturated carbocycles. The largest absolute Gasteiger partial charge is 0.417 e. The predicted octanol–water partition coefficient (Wildman–Crippen LogP) is 3.98. The molecule has 1 aromatic carbocycles. The lowest BCUT2D eigenvalue weighted by Gasteiger charge is -2.11. The molecule has 6 heteroatoms. The van der Waals surface area contributed by atoms with Gasteiger partial charge in [0.2, 0.25) is 0 Å². The average molecular weight is 286 g/mol. The summed E-state index contributed by atoms with van der Waals surface area (Å²) in [7, 11) is 0. The minimum Gasteiger partial charge on any atom is -0.289 e. The number of ketones is 1. The van der Waals surface area contributed by atoms with Crippen molar-refractivity contribution in [3.63, 3.8) is 0 Å². The van der Waals surface area contributed by atoms with E-state index in [-0.39, 0.29) is 10.6 Å². The Morgan fingerprint density at radius 2 is 1.95 bits per heavy atom. The molecule has 2 rings (SSSR count). The third kappa shape index (κ3) is 2.93. The summed E-state index contributed by atoms with van der Waals surface area (Å²) in [4.78, 5) is 15.6. The summed E-state index contributed by atoms with van der Waals surface area (Å²) in [5.41, 5.74) is -1.41. The van der Waals surface area contributed by atoms with Crippen LogP contribution in [0.5, 0.6) is 0 Å². The van der Waals surface area contributed by atoms with Gasteiger partial charge in [-0.1, -0.05) is 23.7 Å². The lowest BCUT2D eigenvalue weighted by Crippen LogP contribution is -2.14. The van der Waals surface area contributed by atoms with Crippen molar-refractivity contribution < 1.29 is 18.0 Å². The van der Waals surface area contributed by atoms with Crippen LogP contribution >= 0.6 is 11.6 Å². The average Bonchev–Trinajstić information content (AvgIpc) is 2.37. The molecule has 0 radical (unpaired) electrons. The van der Waals surface area contributed by atoms with E-state index in [0.29, 0.717) is 0 Å². The summed E-state index contributed by atoms with van der Waals surface area (Å²) in [5.74, 6) is -0.761. The molecule has 0 spiro atoms. The second-order valence-electron chi connectivity index (χ2n) is 3.76. The number of alkyl halides is 3. The summed E-state index contributed by atoms with van der Waals surface area (Å²) in [6.45, 7) is 0. The predicted molar refractivity (Wildman–Crippen MR) is 64.1 cm³/mol. The van der Waals surface area contributed by atoms with Gasteiger partial charge in [0.05, 0.1) is 11.1 Å². The van der Waals surface area contributed by atoms with E-state index < -0.39 is 23.1 Å². The Balaban J connectivity index is 2.51. The van der Waals surface area contributed by atoms with Crippen molar-refractivity contribution in [2.24, 2.45) is 0 Å². The van der Waals surface area contributed by atoms with Crippen molar-refractivity contribution in [2.45, 2.75) is 6.18 Å². The Morgan fingerprint density at radius 1 is 1.21 bits per heavy atom. The smallest absolute Gasteiger partial charge is 0.289 e. The first kappa shape index (κ1) is 13.5. The molecule has 1 aromatic heterocycles. The van der Waals surface area contributed by atoms with Gasteiger partial charge in [-0.05, 0) is 18.2 Å². The fourth-order valence-corrected chi connectivity index (χ4v) is 1.80. The number of carbonyl (C=O) groups is 1. The molecule has 0 amide bonds. The van der Waals surface area contributed by atoms with Crippen LogP contribution in [0.1, 0.15) is 21.5 Å². The summed E-state index contributed by atoms with van der Waals surface area (Å²) >= 11 is 5.72. The Kier molecular flexibility index (Phi) is 3.57. The van der Waals surface area contributed by atoms with Crippen molar-refractivity contribution in [1.29, 1.82) is 0 Å². The first-order valence-electron chi connectivity index (χ1n) is 5.21. The van der Waals surface area contributed by atoms with Crippen LogP contribution in [0.25, 0.3) is 0 Å². The standard InChI is InChI=1S/C13H7ClF3NO/c14-9-3-1-2-8(6-9)12(19)10-7-18-5-4-11(10)13(15,16)17/h1-7H. The first-order valence-corrected chi connectivity index (χ1v) is 5.59. The lowest BCUT2D eigenvalue weighted by atomic mass is 10.0. The number of halogens is 4. The van der Waals surface area contributed by atoms with Crippen LogP contribution in [0.2, 0.25) is 5.02 Å². The first-order chi connectivity index (χ1) is 8.89. The third-order valence-corrected chi connectivity index (χ3v) is 2.69. The maximum atomic E-state index is 12.8. The van der Waals surface area contributed by atoms with E-state index >= 15 is 0 Å². The van der Waals surface area contributed by atoms with Crippen molar-refractivity contribution in [3.05, 3.63) is 64.4 Å². The van der Waals surface area contributed by atoms with Gasteiger partial charge in [0.1, 0.15) is 0 Å². The van der Waals surface area contributed by atoms with E-state index in [1.165, 1.54) is 24.3 Å².